The van der Waals surface area contributed by atoms with Gasteiger partial charge in [0.2, 0.25) is 0 Å². The Bertz CT molecular complexity index is 1110. The van der Waals surface area contributed by atoms with Crippen molar-refractivity contribution in [2.45, 2.75) is 19.9 Å². The molecule has 1 amide bonds. The highest BCUT2D eigenvalue weighted by Crippen LogP contribution is 2.30. The van der Waals surface area contributed by atoms with Crippen LogP contribution in [0.3, 0.4) is 0 Å². The summed E-state index contributed by atoms with van der Waals surface area (Å²) in [4.78, 5) is 21.2. The lowest BCUT2D eigenvalue weighted by molar-refractivity contribution is 0.0743. The van der Waals surface area contributed by atoms with E-state index in [9.17, 15) is 4.79 Å². The smallest absolute Gasteiger partial charge is 0.258 e. The molecule has 0 N–H and O–H groups in total. The van der Waals surface area contributed by atoms with Crippen LogP contribution in [0.2, 0.25) is 0 Å². The van der Waals surface area contributed by atoms with Crippen molar-refractivity contribution < 1.29 is 9.53 Å². The Morgan fingerprint density at radius 3 is 2.73 bits per heavy atom. The first kappa shape index (κ1) is 20.1. The Hall–Kier alpha value is -3.18. The predicted molar refractivity (Wildman–Crippen MR) is 122 cm³/mol. The molecule has 0 saturated heterocycles. The van der Waals surface area contributed by atoms with Crippen molar-refractivity contribution in [3.63, 3.8) is 0 Å². The third kappa shape index (κ3) is 4.52. The number of rotatable bonds is 8. The summed E-state index contributed by atoms with van der Waals surface area (Å²) in [6.45, 7) is 3.58. The van der Waals surface area contributed by atoms with Gasteiger partial charge in [-0.2, -0.15) is 0 Å². The van der Waals surface area contributed by atoms with E-state index in [1.165, 1.54) is 4.88 Å². The van der Waals surface area contributed by atoms with Crippen LogP contribution in [0.4, 0.5) is 0 Å². The summed E-state index contributed by atoms with van der Waals surface area (Å²) in [5.74, 6) is 0.615. The third-order valence-electron chi connectivity index (χ3n) is 5.00. The van der Waals surface area contributed by atoms with E-state index in [2.05, 4.69) is 16.4 Å². The molecule has 0 atom stereocenters. The number of fused-ring (bicyclic) bond motifs is 1. The van der Waals surface area contributed by atoms with Crippen molar-refractivity contribution in [3.05, 3.63) is 94.4 Å². The molecule has 4 rings (SSSR count). The van der Waals surface area contributed by atoms with E-state index in [1.807, 2.05) is 72.6 Å². The van der Waals surface area contributed by atoms with Crippen molar-refractivity contribution in [2.24, 2.45) is 0 Å². The SMILES string of the molecule is CCOc1ccc2ccccc2c1C(=O)N(CCc1cccs1)Cc1cccnc1. The molecule has 2 aromatic carbocycles. The number of amides is 1. The van der Waals surface area contributed by atoms with Crippen LogP contribution in [0, 0.1) is 0 Å². The zero-order valence-corrected chi connectivity index (χ0v) is 17.8. The van der Waals surface area contributed by atoms with Gasteiger partial charge >= 0.3 is 0 Å². The summed E-state index contributed by atoms with van der Waals surface area (Å²) in [7, 11) is 0. The van der Waals surface area contributed by atoms with Crippen LogP contribution in [0.15, 0.2) is 78.4 Å². The first-order valence-corrected chi connectivity index (χ1v) is 11.0. The summed E-state index contributed by atoms with van der Waals surface area (Å²) < 4.78 is 5.86. The maximum absolute atomic E-state index is 13.8. The van der Waals surface area contributed by atoms with E-state index in [-0.39, 0.29) is 5.91 Å². The number of nitrogens with zero attached hydrogens (tertiary/aromatic N) is 2. The summed E-state index contributed by atoms with van der Waals surface area (Å²) in [5, 5.41) is 4.02. The highest BCUT2D eigenvalue weighted by molar-refractivity contribution is 7.09. The highest BCUT2D eigenvalue weighted by Gasteiger charge is 2.23. The van der Waals surface area contributed by atoms with Crippen molar-refractivity contribution in [1.29, 1.82) is 0 Å². The minimum atomic E-state index is -0.0179. The largest absolute Gasteiger partial charge is 0.493 e. The van der Waals surface area contributed by atoms with Gasteiger partial charge in [0.05, 0.1) is 12.2 Å². The number of hydrogen-bond donors (Lipinski definition) is 0. The lowest BCUT2D eigenvalue weighted by atomic mass is 10.0. The van der Waals surface area contributed by atoms with Gasteiger partial charge in [0, 0.05) is 30.4 Å². The minimum Gasteiger partial charge on any atom is -0.493 e. The Kier molecular flexibility index (Phi) is 6.40. The predicted octanol–water partition coefficient (Wildman–Crippen LogP) is 5.58. The molecular weight excluding hydrogens is 392 g/mol. The second-order valence-corrected chi connectivity index (χ2v) is 8.04. The molecular formula is C25H24N2O2S. The van der Waals surface area contributed by atoms with Gasteiger partial charge in [-0.25, -0.2) is 0 Å². The summed E-state index contributed by atoms with van der Waals surface area (Å²) >= 11 is 1.72. The molecule has 4 nitrogen and oxygen atoms in total. The molecule has 0 aliphatic heterocycles. The second kappa shape index (κ2) is 9.55. The molecule has 2 heterocycles. The average molecular weight is 417 g/mol. The molecule has 0 aliphatic carbocycles. The summed E-state index contributed by atoms with van der Waals surface area (Å²) in [5.41, 5.74) is 1.64. The monoisotopic (exact) mass is 416 g/mol. The van der Waals surface area contributed by atoms with Crippen LogP contribution in [0.25, 0.3) is 10.8 Å². The maximum atomic E-state index is 13.8. The van der Waals surface area contributed by atoms with Gasteiger partial charge in [-0.05, 0) is 53.3 Å². The number of ether oxygens (including phenoxy) is 1. The fourth-order valence-electron chi connectivity index (χ4n) is 3.57. The molecule has 0 bridgehead atoms. The van der Waals surface area contributed by atoms with E-state index in [1.54, 1.807) is 17.5 Å². The topological polar surface area (TPSA) is 42.4 Å². The van der Waals surface area contributed by atoms with Crippen molar-refractivity contribution in [1.82, 2.24) is 9.88 Å². The zero-order chi connectivity index (χ0) is 20.8. The van der Waals surface area contributed by atoms with Crippen molar-refractivity contribution in [2.75, 3.05) is 13.2 Å². The van der Waals surface area contributed by atoms with E-state index in [0.717, 1.165) is 22.8 Å². The molecule has 30 heavy (non-hydrogen) atoms. The van der Waals surface area contributed by atoms with Crippen molar-refractivity contribution >= 4 is 28.0 Å². The quantitative estimate of drug-likeness (QED) is 0.377. The fourth-order valence-corrected chi connectivity index (χ4v) is 4.27. The Balaban J connectivity index is 1.72. The molecule has 152 valence electrons. The standard InChI is InChI=1S/C25H24N2O2S/c1-2-29-23-12-11-20-8-3-4-10-22(20)24(23)25(28)27(15-13-21-9-6-16-30-21)18-19-7-5-14-26-17-19/h3-12,14,16-17H,2,13,15,18H2,1H3. The first-order chi connectivity index (χ1) is 14.8. The van der Waals surface area contributed by atoms with E-state index < -0.39 is 0 Å². The number of hydrogen-bond acceptors (Lipinski definition) is 4. The molecule has 0 radical (unpaired) electrons. The summed E-state index contributed by atoms with van der Waals surface area (Å²) in [6.07, 6.45) is 4.38. The van der Waals surface area contributed by atoms with Gasteiger partial charge < -0.3 is 9.64 Å². The third-order valence-corrected chi connectivity index (χ3v) is 5.93. The molecule has 4 aromatic rings. The Morgan fingerprint density at radius 2 is 1.97 bits per heavy atom. The molecule has 0 unspecified atom stereocenters. The van der Waals surface area contributed by atoms with Gasteiger partial charge in [0.25, 0.3) is 5.91 Å². The number of carbonyl (C=O) groups excluding carboxylic acids is 1. The van der Waals surface area contributed by atoms with Gasteiger partial charge in [0.15, 0.2) is 0 Å². The molecule has 0 saturated carbocycles. The summed E-state index contributed by atoms with van der Waals surface area (Å²) in [6, 6.07) is 19.9. The van der Waals surface area contributed by atoms with Gasteiger partial charge in [-0.3, -0.25) is 9.78 Å². The number of carbonyl (C=O) groups is 1. The minimum absolute atomic E-state index is 0.0179. The normalized spacial score (nSPS) is 10.8. The van der Waals surface area contributed by atoms with Crippen LogP contribution in [0.1, 0.15) is 27.7 Å². The first-order valence-electron chi connectivity index (χ1n) is 10.1. The second-order valence-electron chi connectivity index (χ2n) is 7.01. The Morgan fingerprint density at radius 1 is 1.07 bits per heavy atom. The number of pyridine rings is 1. The zero-order valence-electron chi connectivity index (χ0n) is 17.0. The number of aromatic nitrogens is 1. The lowest BCUT2D eigenvalue weighted by Gasteiger charge is -2.24. The van der Waals surface area contributed by atoms with Crippen molar-refractivity contribution in [3.8, 4) is 5.75 Å². The number of benzene rings is 2. The van der Waals surface area contributed by atoms with Crippen LogP contribution < -0.4 is 4.74 Å². The van der Waals surface area contributed by atoms with E-state index in [4.69, 9.17) is 4.74 Å². The maximum Gasteiger partial charge on any atom is 0.258 e. The fraction of sp³-hybridized carbons (Fsp3) is 0.200. The van der Waals surface area contributed by atoms with Crippen LogP contribution in [-0.4, -0.2) is 28.9 Å². The lowest BCUT2D eigenvalue weighted by Crippen LogP contribution is -2.33. The van der Waals surface area contributed by atoms with Gasteiger partial charge in [-0.15, -0.1) is 11.3 Å². The number of thiophene rings is 1. The molecule has 0 fully saturated rings. The van der Waals surface area contributed by atoms with E-state index in [0.29, 0.717) is 31.0 Å². The molecule has 0 spiro atoms. The molecule has 2 aromatic heterocycles. The molecule has 5 heteroatoms. The van der Waals surface area contributed by atoms with Gasteiger partial charge in [0.1, 0.15) is 5.75 Å². The average Bonchev–Trinajstić information content (AvgIpc) is 3.30. The van der Waals surface area contributed by atoms with Gasteiger partial charge in [-0.1, -0.05) is 42.5 Å². The van der Waals surface area contributed by atoms with Crippen LogP contribution >= 0.6 is 11.3 Å². The van der Waals surface area contributed by atoms with Crippen LogP contribution in [-0.2, 0) is 13.0 Å². The highest BCUT2D eigenvalue weighted by atomic mass is 32.1. The Labute approximate surface area is 180 Å². The molecule has 0 aliphatic rings. The van der Waals surface area contributed by atoms with Crippen LogP contribution in [0.5, 0.6) is 5.75 Å². The van der Waals surface area contributed by atoms with E-state index >= 15 is 0 Å².